The molecule has 84 valence electrons. The molecule has 1 heterocycles. The maximum absolute atomic E-state index is 4.27. The van der Waals surface area contributed by atoms with Crippen molar-refractivity contribution in [3.05, 3.63) is 0 Å². The molecular weight excluding hydrogens is 192 g/mol. The molecule has 0 radical (unpaired) electrons. The van der Waals surface area contributed by atoms with Gasteiger partial charge in [0.25, 0.3) is 0 Å². The average Bonchev–Trinajstić information content (AvgIpc) is 2.21. The fraction of sp³-hybridized carbons (Fsp3) is 1.00. The zero-order chi connectivity index (χ0) is 10.2. The van der Waals surface area contributed by atoms with Gasteiger partial charge in [-0.15, -0.1) is 0 Å². The Kier molecular flexibility index (Phi) is 6.65. The lowest BCUT2D eigenvalue weighted by Gasteiger charge is -2.34. The van der Waals surface area contributed by atoms with Gasteiger partial charge in [-0.1, -0.05) is 19.8 Å². The molecule has 0 bridgehead atoms. The highest BCUT2D eigenvalue weighted by molar-refractivity contribution is 7.80. The SMILES string of the molecule is CCCCCN1CCN(CCS)CC1. The Hall–Kier alpha value is 0.270. The van der Waals surface area contributed by atoms with Gasteiger partial charge in [0.05, 0.1) is 0 Å². The third-order valence-electron chi connectivity index (χ3n) is 2.96. The summed E-state index contributed by atoms with van der Waals surface area (Å²) in [7, 11) is 0. The zero-order valence-corrected chi connectivity index (χ0v) is 10.3. The summed E-state index contributed by atoms with van der Waals surface area (Å²) in [4.78, 5) is 5.12. The molecular formula is C11H24N2S. The molecule has 0 aromatic rings. The van der Waals surface area contributed by atoms with Gasteiger partial charge in [-0.2, -0.15) is 12.6 Å². The van der Waals surface area contributed by atoms with Gasteiger partial charge in [0.15, 0.2) is 0 Å². The average molecular weight is 216 g/mol. The van der Waals surface area contributed by atoms with E-state index < -0.39 is 0 Å². The van der Waals surface area contributed by atoms with Crippen LogP contribution in [0.1, 0.15) is 26.2 Å². The fourth-order valence-electron chi connectivity index (χ4n) is 1.96. The van der Waals surface area contributed by atoms with Crippen molar-refractivity contribution in [2.75, 3.05) is 45.0 Å². The molecule has 1 aliphatic rings. The van der Waals surface area contributed by atoms with E-state index in [-0.39, 0.29) is 0 Å². The van der Waals surface area contributed by atoms with Gasteiger partial charge in [0, 0.05) is 38.5 Å². The monoisotopic (exact) mass is 216 g/mol. The third-order valence-corrected chi connectivity index (χ3v) is 3.16. The lowest BCUT2D eigenvalue weighted by molar-refractivity contribution is 0.136. The van der Waals surface area contributed by atoms with Gasteiger partial charge in [-0.05, 0) is 13.0 Å². The van der Waals surface area contributed by atoms with Crippen LogP contribution in [-0.4, -0.2) is 54.8 Å². The largest absolute Gasteiger partial charge is 0.301 e. The van der Waals surface area contributed by atoms with Gasteiger partial charge >= 0.3 is 0 Å². The summed E-state index contributed by atoms with van der Waals surface area (Å²) in [5.74, 6) is 0.996. The Morgan fingerprint density at radius 2 is 1.50 bits per heavy atom. The summed E-state index contributed by atoms with van der Waals surface area (Å²) in [6.45, 7) is 9.74. The van der Waals surface area contributed by atoms with E-state index in [9.17, 15) is 0 Å². The van der Waals surface area contributed by atoms with Crippen LogP contribution in [0, 0.1) is 0 Å². The Bertz CT molecular complexity index is 133. The highest BCUT2D eigenvalue weighted by atomic mass is 32.1. The lowest BCUT2D eigenvalue weighted by atomic mass is 10.2. The maximum Gasteiger partial charge on any atom is 0.0110 e. The molecule has 1 rings (SSSR count). The molecule has 1 saturated heterocycles. The second-order valence-electron chi connectivity index (χ2n) is 4.11. The lowest BCUT2D eigenvalue weighted by Crippen LogP contribution is -2.47. The molecule has 0 N–H and O–H groups in total. The van der Waals surface area contributed by atoms with E-state index in [1.165, 1.54) is 52.0 Å². The van der Waals surface area contributed by atoms with Crippen LogP contribution in [0.25, 0.3) is 0 Å². The van der Waals surface area contributed by atoms with E-state index in [1.54, 1.807) is 0 Å². The van der Waals surface area contributed by atoms with Crippen LogP contribution in [0.3, 0.4) is 0 Å². The predicted molar refractivity (Wildman–Crippen MR) is 66.3 cm³/mol. The first-order chi connectivity index (χ1) is 6.86. The van der Waals surface area contributed by atoms with Crippen LogP contribution in [0.5, 0.6) is 0 Å². The number of unbranched alkanes of at least 4 members (excludes halogenated alkanes) is 2. The number of hydrogen-bond donors (Lipinski definition) is 1. The van der Waals surface area contributed by atoms with E-state index in [1.807, 2.05) is 0 Å². The number of hydrogen-bond acceptors (Lipinski definition) is 3. The summed E-state index contributed by atoms with van der Waals surface area (Å²) in [5, 5.41) is 0. The highest BCUT2D eigenvalue weighted by Gasteiger charge is 2.14. The van der Waals surface area contributed by atoms with Crippen LogP contribution in [-0.2, 0) is 0 Å². The minimum absolute atomic E-state index is 0.996. The van der Waals surface area contributed by atoms with Gasteiger partial charge in [-0.3, -0.25) is 4.90 Å². The number of piperazine rings is 1. The van der Waals surface area contributed by atoms with E-state index in [0.717, 1.165) is 12.3 Å². The number of thiol groups is 1. The normalized spacial score (nSPS) is 20.1. The molecule has 0 unspecified atom stereocenters. The maximum atomic E-state index is 4.27. The van der Waals surface area contributed by atoms with Crippen molar-refractivity contribution >= 4 is 12.6 Å². The van der Waals surface area contributed by atoms with E-state index in [0.29, 0.717) is 0 Å². The minimum atomic E-state index is 0.996. The van der Waals surface area contributed by atoms with Crippen LogP contribution < -0.4 is 0 Å². The summed E-state index contributed by atoms with van der Waals surface area (Å²) in [6.07, 6.45) is 4.10. The third kappa shape index (κ3) is 4.67. The molecule has 0 aliphatic carbocycles. The minimum Gasteiger partial charge on any atom is -0.301 e. The molecule has 2 nitrogen and oxygen atoms in total. The van der Waals surface area contributed by atoms with E-state index >= 15 is 0 Å². The zero-order valence-electron chi connectivity index (χ0n) is 9.41. The molecule has 1 aliphatic heterocycles. The summed E-state index contributed by atoms with van der Waals surface area (Å²) >= 11 is 4.27. The first-order valence-electron chi connectivity index (χ1n) is 5.92. The summed E-state index contributed by atoms with van der Waals surface area (Å²) < 4.78 is 0. The van der Waals surface area contributed by atoms with Gasteiger partial charge in [0.1, 0.15) is 0 Å². The van der Waals surface area contributed by atoms with Crippen molar-refractivity contribution in [1.29, 1.82) is 0 Å². The fourth-order valence-corrected chi connectivity index (χ4v) is 2.25. The van der Waals surface area contributed by atoms with Crippen LogP contribution in [0.15, 0.2) is 0 Å². The Balaban J connectivity index is 2.03. The van der Waals surface area contributed by atoms with Crippen LogP contribution >= 0.6 is 12.6 Å². The standard InChI is InChI=1S/C11H24N2S/c1-2-3-4-5-12-6-8-13(9-7-12)10-11-14/h14H,2-11H2,1H3. The quantitative estimate of drug-likeness (QED) is 0.533. The molecule has 14 heavy (non-hydrogen) atoms. The summed E-state index contributed by atoms with van der Waals surface area (Å²) in [5.41, 5.74) is 0. The van der Waals surface area contributed by atoms with Gasteiger partial charge in [-0.25, -0.2) is 0 Å². The molecule has 3 heteroatoms. The molecule has 1 fully saturated rings. The molecule has 0 aromatic heterocycles. The second kappa shape index (κ2) is 7.55. The van der Waals surface area contributed by atoms with Crippen molar-refractivity contribution in [1.82, 2.24) is 9.80 Å². The Labute approximate surface area is 94.1 Å². The van der Waals surface area contributed by atoms with Crippen molar-refractivity contribution in [2.45, 2.75) is 26.2 Å². The smallest absolute Gasteiger partial charge is 0.0110 e. The highest BCUT2D eigenvalue weighted by Crippen LogP contribution is 2.04. The van der Waals surface area contributed by atoms with Crippen LogP contribution in [0.4, 0.5) is 0 Å². The molecule has 0 aromatic carbocycles. The molecule has 0 spiro atoms. The molecule has 0 saturated carbocycles. The predicted octanol–water partition coefficient (Wildman–Crippen LogP) is 1.72. The van der Waals surface area contributed by atoms with Crippen molar-refractivity contribution in [3.8, 4) is 0 Å². The first kappa shape index (κ1) is 12.3. The van der Waals surface area contributed by atoms with E-state index in [4.69, 9.17) is 0 Å². The Morgan fingerprint density at radius 3 is 2.00 bits per heavy atom. The summed E-state index contributed by atoms with van der Waals surface area (Å²) in [6, 6.07) is 0. The number of nitrogens with zero attached hydrogens (tertiary/aromatic N) is 2. The second-order valence-corrected chi connectivity index (χ2v) is 4.56. The van der Waals surface area contributed by atoms with Gasteiger partial charge < -0.3 is 4.90 Å². The van der Waals surface area contributed by atoms with Crippen molar-refractivity contribution < 1.29 is 0 Å². The number of rotatable bonds is 6. The van der Waals surface area contributed by atoms with Crippen molar-refractivity contribution in [3.63, 3.8) is 0 Å². The first-order valence-corrected chi connectivity index (χ1v) is 6.55. The van der Waals surface area contributed by atoms with Crippen molar-refractivity contribution in [2.24, 2.45) is 0 Å². The van der Waals surface area contributed by atoms with Gasteiger partial charge in [0.2, 0.25) is 0 Å². The molecule has 0 atom stereocenters. The van der Waals surface area contributed by atoms with Crippen LogP contribution in [0.2, 0.25) is 0 Å². The molecule has 0 amide bonds. The van der Waals surface area contributed by atoms with E-state index in [2.05, 4.69) is 29.4 Å². The topological polar surface area (TPSA) is 6.48 Å². The Morgan fingerprint density at radius 1 is 0.929 bits per heavy atom.